The van der Waals surface area contributed by atoms with Gasteiger partial charge in [-0.3, -0.25) is 0 Å². The van der Waals surface area contributed by atoms with Gasteiger partial charge in [0, 0.05) is 0 Å². The average molecular weight is 222 g/mol. The molecule has 0 saturated carbocycles. The minimum absolute atomic E-state index is 0.876. The molecule has 0 amide bonds. The molecule has 0 aliphatic carbocycles. The van der Waals surface area contributed by atoms with E-state index in [2.05, 4.69) is 27.7 Å². The average Bonchev–Trinajstić information content (AvgIpc) is 2.05. The first-order valence-corrected chi connectivity index (χ1v) is 9.13. The van der Waals surface area contributed by atoms with Crippen LogP contribution in [0.25, 0.3) is 0 Å². The van der Waals surface area contributed by atoms with Gasteiger partial charge < -0.3 is 0 Å². The fourth-order valence-electron chi connectivity index (χ4n) is 2.91. The van der Waals surface area contributed by atoms with Gasteiger partial charge in [0.2, 0.25) is 0 Å². The third kappa shape index (κ3) is 3.85. The summed E-state index contributed by atoms with van der Waals surface area (Å²) in [5.41, 5.74) is 0. The molecule has 0 bridgehead atoms. The van der Waals surface area contributed by atoms with Gasteiger partial charge in [-0.15, -0.1) is 0 Å². The second-order valence-corrected chi connectivity index (χ2v) is 10.1. The predicted octanol–water partition coefficient (Wildman–Crippen LogP) is 5.06. The Morgan fingerprint density at radius 2 is 0.857 bits per heavy atom. The Morgan fingerprint density at radius 3 is 1.00 bits per heavy atom. The van der Waals surface area contributed by atoms with Gasteiger partial charge in [-0.2, -0.15) is 0 Å². The third-order valence-electron chi connectivity index (χ3n) is 3.13. The van der Waals surface area contributed by atoms with Crippen molar-refractivity contribution in [2.45, 2.75) is 53.4 Å². The predicted molar refractivity (Wildman–Crippen MR) is 68.7 cm³/mol. The quantitative estimate of drug-likeness (QED) is 0.503. The Hall–Kier alpha value is 0.360. The first-order valence-electron chi connectivity index (χ1n) is 6.26. The summed E-state index contributed by atoms with van der Waals surface area (Å²) in [6, 6.07) is 0. The molecule has 0 radical (unpaired) electrons. The van der Waals surface area contributed by atoms with E-state index in [0.717, 1.165) is 50.3 Å². The molecule has 0 unspecified atom stereocenters. The van der Waals surface area contributed by atoms with Gasteiger partial charge in [-0.1, -0.05) is 0 Å². The summed E-state index contributed by atoms with van der Waals surface area (Å²) in [4.78, 5) is 0. The number of hydrogen-bond donors (Lipinski definition) is 0. The fraction of sp³-hybridized carbons (Fsp3) is 1.00. The zero-order valence-corrected chi connectivity index (χ0v) is 11.4. The molecule has 0 aliphatic rings. The van der Waals surface area contributed by atoms with E-state index < -0.39 is 6.91 Å². The molecule has 14 heavy (non-hydrogen) atoms. The van der Waals surface area contributed by atoms with E-state index in [1.165, 1.54) is 0 Å². The van der Waals surface area contributed by atoms with Crippen LogP contribution >= 0.6 is 6.91 Å². The second kappa shape index (κ2) is 6.05. The van der Waals surface area contributed by atoms with Crippen molar-refractivity contribution >= 4 is 6.91 Å². The molecule has 0 spiro atoms. The summed E-state index contributed by atoms with van der Waals surface area (Å²) in [7, 11) is 0. The van der Waals surface area contributed by atoms with Crippen molar-refractivity contribution in [1.82, 2.24) is 0 Å². The van der Waals surface area contributed by atoms with Gasteiger partial charge in [0.25, 0.3) is 0 Å². The van der Waals surface area contributed by atoms with E-state index in [1.54, 1.807) is 0 Å². The Kier molecular flexibility index (Phi) is 6.21. The van der Waals surface area contributed by atoms with Crippen LogP contribution in [-0.4, -0.2) is 24.6 Å². The van der Waals surface area contributed by atoms with E-state index in [9.17, 15) is 0 Å². The molecular formula is C12H28FP. The van der Waals surface area contributed by atoms with Gasteiger partial charge in [0.05, 0.1) is 0 Å². The molecule has 0 heterocycles. The Balaban J connectivity index is 4.69. The van der Waals surface area contributed by atoms with Crippen molar-refractivity contribution < 1.29 is 4.20 Å². The summed E-state index contributed by atoms with van der Waals surface area (Å²) in [5.74, 6) is 0. The zero-order chi connectivity index (χ0) is 11.1. The maximum absolute atomic E-state index is 15.3. The summed E-state index contributed by atoms with van der Waals surface area (Å²) < 4.78 is 15.3. The summed E-state index contributed by atoms with van der Waals surface area (Å²) >= 11 is 0. The van der Waals surface area contributed by atoms with Gasteiger partial charge in [0.1, 0.15) is 0 Å². The molecule has 88 valence electrons. The van der Waals surface area contributed by atoms with E-state index in [0.29, 0.717) is 0 Å². The van der Waals surface area contributed by atoms with Crippen LogP contribution in [0.4, 0.5) is 4.20 Å². The molecule has 2 heteroatoms. The van der Waals surface area contributed by atoms with Crippen LogP contribution in [-0.2, 0) is 0 Å². The summed E-state index contributed by atoms with van der Waals surface area (Å²) in [6.07, 6.45) is 7.59. The van der Waals surface area contributed by atoms with Gasteiger partial charge >= 0.3 is 89.1 Å². The van der Waals surface area contributed by atoms with Crippen LogP contribution in [0.3, 0.4) is 0 Å². The van der Waals surface area contributed by atoms with Gasteiger partial charge in [-0.05, 0) is 0 Å². The zero-order valence-electron chi connectivity index (χ0n) is 10.5. The van der Waals surface area contributed by atoms with Crippen molar-refractivity contribution in [3.05, 3.63) is 0 Å². The van der Waals surface area contributed by atoms with Crippen molar-refractivity contribution in [3.8, 4) is 0 Å². The SMILES string of the molecule is CCCP(F)(CCC)(CCC)CCC. The Labute approximate surface area is 89.7 Å². The fourth-order valence-corrected chi connectivity index (χ4v) is 8.72. The first-order chi connectivity index (χ1) is 6.54. The molecule has 0 fully saturated rings. The first kappa shape index (κ1) is 14.4. The van der Waals surface area contributed by atoms with Crippen molar-refractivity contribution in [1.29, 1.82) is 0 Å². The summed E-state index contributed by atoms with van der Waals surface area (Å²) in [5, 5.41) is 0. The van der Waals surface area contributed by atoms with Crippen molar-refractivity contribution in [2.75, 3.05) is 24.6 Å². The Bertz CT molecular complexity index is 121. The topological polar surface area (TPSA) is 0 Å². The molecule has 0 aromatic carbocycles. The molecule has 0 rings (SSSR count). The van der Waals surface area contributed by atoms with Crippen LogP contribution < -0.4 is 0 Å². The van der Waals surface area contributed by atoms with E-state index in [1.807, 2.05) is 0 Å². The molecule has 0 N–H and O–H groups in total. The van der Waals surface area contributed by atoms with Crippen molar-refractivity contribution in [3.63, 3.8) is 0 Å². The van der Waals surface area contributed by atoms with Crippen LogP contribution in [0.15, 0.2) is 0 Å². The molecule has 0 saturated heterocycles. The van der Waals surface area contributed by atoms with Crippen LogP contribution in [0, 0.1) is 0 Å². The molecule has 0 nitrogen and oxygen atoms in total. The number of hydrogen-bond acceptors (Lipinski definition) is 0. The van der Waals surface area contributed by atoms with E-state index >= 15 is 4.20 Å². The van der Waals surface area contributed by atoms with E-state index in [-0.39, 0.29) is 0 Å². The normalized spacial score (nSPS) is 15.1. The minimum atomic E-state index is -2.77. The van der Waals surface area contributed by atoms with Gasteiger partial charge in [-0.25, -0.2) is 0 Å². The van der Waals surface area contributed by atoms with Gasteiger partial charge in [0.15, 0.2) is 0 Å². The third-order valence-corrected chi connectivity index (χ3v) is 9.39. The van der Waals surface area contributed by atoms with E-state index in [4.69, 9.17) is 0 Å². The number of halogens is 1. The molecule has 0 aromatic rings. The van der Waals surface area contributed by atoms with Crippen LogP contribution in [0.2, 0.25) is 0 Å². The van der Waals surface area contributed by atoms with Crippen molar-refractivity contribution in [2.24, 2.45) is 0 Å². The molecule has 0 aromatic heterocycles. The monoisotopic (exact) mass is 222 g/mol. The second-order valence-electron chi connectivity index (χ2n) is 4.71. The Morgan fingerprint density at radius 1 is 0.643 bits per heavy atom. The molecular weight excluding hydrogens is 194 g/mol. The standard InChI is InChI=1S/C12H28FP/c1-5-9-14(13,10-6-2,11-7-3)12-8-4/h5-12H2,1-4H3. The maximum atomic E-state index is 15.3. The summed E-state index contributed by atoms with van der Waals surface area (Å²) in [6.45, 7) is 5.74. The van der Waals surface area contributed by atoms with Crippen LogP contribution in [0.5, 0.6) is 0 Å². The molecule has 0 aliphatic heterocycles. The van der Waals surface area contributed by atoms with Crippen LogP contribution in [0.1, 0.15) is 53.4 Å². The number of rotatable bonds is 8. The molecule has 0 atom stereocenters.